The van der Waals surface area contributed by atoms with Crippen LogP contribution < -0.4 is 5.73 Å². The first-order valence-electron chi connectivity index (χ1n) is 8.87. The Morgan fingerprint density at radius 2 is 1.70 bits per heavy atom. The van der Waals surface area contributed by atoms with E-state index >= 15 is 0 Å². The third kappa shape index (κ3) is 5.06. The van der Waals surface area contributed by atoms with Gasteiger partial charge in [0.05, 0.1) is 23.6 Å². The van der Waals surface area contributed by atoms with Crippen molar-refractivity contribution in [2.24, 2.45) is 5.73 Å². The van der Waals surface area contributed by atoms with Gasteiger partial charge in [-0.15, -0.1) is 0 Å². The van der Waals surface area contributed by atoms with E-state index in [-0.39, 0.29) is 48.7 Å². The van der Waals surface area contributed by atoms with Crippen molar-refractivity contribution in [2.75, 3.05) is 19.6 Å². The fourth-order valence-electron chi connectivity index (χ4n) is 3.07. The van der Waals surface area contributed by atoms with Gasteiger partial charge in [0, 0.05) is 24.7 Å². The number of hydrogen-bond acceptors (Lipinski definition) is 5. The number of rotatable bonds is 6. The number of carbonyl (C=O) groups is 2. The predicted molar refractivity (Wildman–Crippen MR) is 101 cm³/mol. The summed E-state index contributed by atoms with van der Waals surface area (Å²) in [6.07, 6.45) is -0.365. The number of benzene rings is 1. The van der Waals surface area contributed by atoms with Gasteiger partial charge < -0.3 is 15.4 Å². The molecule has 2 rings (SSSR count). The van der Waals surface area contributed by atoms with Crippen LogP contribution in [0.2, 0.25) is 0 Å². The van der Waals surface area contributed by atoms with Gasteiger partial charge in [-0.1, -0.05) is 0 Å². The minimum absolute atomic E-state index is 0.117. The highest BCUT2D eigenvalue weighted by Gasteiger charge is 2.32. The lowest BCUT2D eigenvalue weighted by Crippen LogP contribution is -2.48. The van der Waals surface area contributed by atoms with Crippen molar-refractivity contribution in [1.82, 2.24) is 9.21 Å². The minimum Gasteiger partial charge on any atom is -0.373 e. The molecule has 8 nitrogen and oxygen atoms in total. The van der Waals surface area contributed by atoms with Gasteiger partial charge in [-0.05, 0) is 52.0 Å². The van der Waals surface area contributed by atoms with E-state index in [9.17, 15) is 18.0 Å². The topological polar surface area (TPSA) is 110 Å². The molecular weight excluding hydrogens is 370 g/mol. The quantitative estimate of drug-likeness (QED) is 0.764. The molecule has 0 aromatic heterocycles. The zero-order valence-corrected chi connectivity index (χ0v) is 16.9. The third-order valence-electron chi connectivity index (χ3n) is 4.34. The van der Waals surface area contributed by atoms with Crippen LogP contribution in [0.15, 0.2) is 29.2 Å². The maximum Gasteiger partial charge on any atom is 0.254 e. The molecule has 1 heterocycles. The van der Waals surface area contributed by atoms with Crippen molar-refractivity contribution in [3.05, 3.63) is 29.8 Å². The zero-order valence-electron chi connectivity index (χ0n) is 16.1. The maximum atomic E-state index is 12.9. The number of sulfonamides is 1. The summed E-state index contributed by atoms with van der Waals surface area (Å²) >= 11 is 0. The largest absolute Gasteiger partial charge is 0.373 e. The van der Waals surface area contributed by atoms with Crippen molar-refractivity contribution in [1.29, 1.82) is 0 Å². The van der Waals surface area contributed by atoms with E-state index in [2.05, 4.69) is 0 Å². The molecule has 1 saturated heterocycles. The van der Waals surface area contributed by atoms with E-state index in [0.717, 1.165) is 0 Å². The Hall–Kier alpha value is -1.97. The molecule has 0 spiro atoms. The highest BCUT2D eigenvalue weighted by molar-refractivity contribution is 7.89. The lowest BCUT2D eigenvalue weighted by atomic mass is 10.1. The second-order valence-electron chi connectivity index (χ2n) is 7.10. The molecule has 27 heavy (non-hydrogen) atoms. The van der Waals surface area contributed by atoms with Crippen molar-refractivity contribution in [3.63, 3.8) is 0 Å². The molecule has 0 saturated carbocycles. The molecule has 1 aromatic carbocycles. The van der Waals surface area contributed by atoms with E-state index in [4.69, 9.17) is 10.5 Å². The molecule has 0 aliphatic carbocycles. The van der Waals surface area contributed by atoms with Gasteiger partial charge in [0.2, 0.25) is 15.9 Å². The molecule has 2 N–H and O–H groups in total. The molecule has 0 bridgehead atoms. The lowest BCUT2D eigenvalue weighted by molar-refractivity contribution is -0.119. The summed E-state index contributed by atoms with van der Waals surface area (Å²) in [5.41, 5.74) is 5.50. The molecule has 0 radical (unpaired) electrons. The summed E-state index contributed by atoms with van der Waals surface area (Å²) < 4.78 is 32.7. The number of nitrogens with two attached hydrogens (primary N) is 1. The van der Waals surface area contributed by atoms with Crippen LogP contribution in [0.25, 0.3) is 0 Å². The highest BCUT2D eigenvalue weighted by atomic mass is 32.2. The first kappa shape index (κ1) is 21.3. The number of nitrogens with zero attached hydrogens (tertiary/aromatic N) is 2. The fraction of sp³-hybridized carbons (Fsp3) is 0.556. The Labute approximate surface area is 160 Å². The Bertz CT molecular complexity index is 782. The maximum absolute atomic E-state index is 12.9. The Balaban J connectivity index is 2.23. The van der Waals surface area contributed by atoms with Crippen molar-refractivity contribution < 1.29 is 22.7 Å². The Kier molecular flexibility index (Phi) is 6.61. The van der Waals surface area contributed by atoms with Gasteiger partial charge in [-0.3, -0.25) is 9.59 Å². The first-order chi connectivity index (χ1) is 12.5. The van der Waals surface area contributed by atoms with Crippen LogP contribution in [0.3, 0.4) is 0 Å². The van der Waals surface area contributed by atoms with Gasteiger partial charge >= 0.3 is 0 Å². The molecular formula is C18H27N3O5S. The minimum atomic E-state index is -3.67. The zero-order chi connectivity index (χ0) is 20.4. The van der Waals surface area contributed by atoms with E-state index in [1.54, 1.807) is 13.8 Å². The van der Waals surface area contributed by atoms with Gasteiger partial charge in [0.1, 0.15) is 0 Å². The van der Waals surface area contributed by atoms with E-state index in [1.807, 2.05) is 13.8 Å². The summed E-state index contributed by atoms with van der Waals surface area (Å²) in [5, 5.41) is 0. The van der Waals surface area contributed by atoms with Crippen LogP contribution in [0.4, 0.5) is 0 Å². The molecule has 2 amide bonds. The monoisotopic (exact) mass is 397 g/mol. The average Bonchev–Trinajstić information content (AvgIpc) is 2.58. The van der Waals surface area contributed by atoms with Gasteiger partial charge in [-0.25, -0.2) is 8.42 Å². The number of carbonyl (C=O) groups excluding carboxylic acids is 2. The smallest absolute Gasteiger partial charge is 0.254 e. The number of ether oxygens (including phenoxy) is 1. The first-order valence-corrected chi connectivity index (χ1v) is 10.3. The van der Waals surface area contributed by atoms with Crippen LogP contribution >= 0.6 is 0 Å². The normalized spacial score (nSPS) is 21.2. The number of amides is 2. The second-order valence-corrected chi connectivity index (χ2v) is 9.03. The van der Waals surface area contributed by atoms with Crippen molar-refractivity contribution >= 4 is 21.8 Å². The molecule has 1 fully saturated rings. The fourth-order valence-corrected chi connectivity index (χ4v) is 4.66. The summed E-state index contributed by atoms with van der Waals surface area (Å²) in [6.45, 7) is 7.60. The van der Waals surface area contributed by atoms with E-state index in [1.165, 1.54) is 33.5 Å². The molecule has 1 aromatic rings. The van der Waals surface area contributed by atoms with Crippen LogP contribution in [-0.4, -0.2) is 67.3 Å². The summed E-state index contributed by atoms with van der Waals surface area (Å²) in [5.74, 6) is -0.979. The highest BCUT2D eigenvalue weighted by Crippen LogP contribution is 2.22. The molecule has 1 aliphatic rings. The molecule has 1 aliphatic heterocycles. The van der Waals surface area contributed by atoms with Crippen LogP contribution in [0.5, 0.6) is 0 Å². The SMILES string of the molecule is CC(C)N(CC(N)=O)C(=O)c1ccc(S(=O)(=O)N2C[C@@H](C)O[C@H](C)C2)cc1. The van der Waals surface area contributed by atoms with Gasteiger partial charge in [-0.2, -0.15) is 4.31 Å². The van der Waals surface area contributed by atoms with E-state index in [0.29, 0.717) is 5.56 Å². The van der Waals surface area contributed by atoms with Crippen molar-refractivity contribution in [3.8, 4) is 0 Å². The van der Waals surface area contributed by atoms with Crippen molar-refractivity contribution in [2.45, 2.75) is 50.8 Å². The molecule has 150 valence electrons. The Morgan fingerprint density at radius 1 is 1.19 bits per heavy atom. The summed E-state index contributed by atoms with van der Waals surface area (Å²) in [6, 6.07) is 5.52. The number of morpholine rings is 1. The number of hydrogen-bond donors (Lipinski definition) is 1. The second kappa shape index (κ2) is 8.37. The van der Waals surface area contributed by atoms with Gasteiger partial charge in [0.25, 0.3) is 5.91 Å². The average molecular weight is 397 g/mol. The lowest BCUT2D eigenvalue weighted by Gasteiger charge is -2.34. The van der Waals surface area contributed by atoms with Crippen LogP contribution in [0, 0.1) is 0 Å². The molecule has 0 unspecified atom stereocenters. The van der Waals surface area contributed by atoms with Crippen LogP contribution in [-0.2, 0) is 19.6 Å². The summed E-state index contributed by atoms with van der Waals surface area (Å²) in [7, 11) is -3.67. The van der Waals surface area contributed by atoms with Crippen LogP contribution in [0.1, 0.15) is 38.1 Å². The third-order valence-corrected chi connectivity index (χ3v) is 6.18. The Morgan fingerprint density at radius 3 is 2.15 bits per heavy atom. The standard InChI is InChI=1S/C18H27N3O5S/c1-12(2)21(11-17(19)22)18(23)15-5-7-16(8-6-15)27(24,25)20-9-13(3)26-14(4)10-20/h5-8,12-14H,9-11H2,1-4H3,(H2,19,22)/t13-,14-/m1/s1. The summed E-state index contributed by atoms with van der Waals surface area (Å²) in [4.78, 5) is 25.3. The molecule has 9 heteroatoms. The molecule has 2 atom stereocenters. The predicted octanol–water partition coefficient (Wildman–Crippen LogP) is 0.820. The van der Waals surface area contributed by atoms with Gasteiger partial charge in [0.15, 0.2) is 0 Å². The van der Waals surface area contributed by atoms with E-state index < -0.39 is 15.9 Å². The number of primary amides is 1.